The van der Waals surface area contributed by atoms with Crippen molar-refractivity contribution >= 4 is 39.0 Å². The Labute approximate surface area is 271 Å². The van der Waals surface area contributed by atoms with Crippen LogP contribution in [0.1, 0.15) is 59.7 Å². The van der Waals surface area contributed by atoms with Gasteiger partial charge < -0.3 is 0 Å². The van der Waals surface area contributed by atoms with Gasteiger partial charge in [0, 0.05) is 59.3 Å². The fourth-order valence-electron chi connectivity index (χ4n) is 5.43. The highest BCUT2D eigenvalue weighted by atomic mass is 15.4. The Morgan fingerprint density at radius 2 is 1.55 bits per heavy atom. The molecule has 7 aromatic rings. The molecule has 12 nitrogen and oxygen atoms in total. The predicted octanol–water partition coefficient (Wildman–Crippen LogP) is 5.29. The Kier molecular flexibility index (Phi) is 7.98. The van der Waals surface area contributed by atoms with E-state index in [2.05, 4.69) is 49.8 Å². The lowest BCUT2D eigenvalue weighted by molar-refractivity contribution is 0.807. The number of aryl methyl sites for hydroxylation is 6. The van der Waals surface area contributed by atoms with Crippen LogP contribution in [0.15, 0.2) is 72.8 Å². The minimum atomic E-state index is 0.456. The molecule has 12 heteroatoms. The summed E-state index contributed by atoms with van der Waals surface area (Å²) < 4.78 is 3.61. The third kappa shape index (κ3) is 6.35. The maximum absolute atomic E-state index is 4.84. The molecule has 0 atom stereocenters. The highest BCUT2D eigenvalue weighted by molar-refractivity contribution is 5.96. The number of aromatic nitrogens is 11. The summed E-state index contributed by atoms with van der Waals surface area (Å²) in [7, 11) is 0. The molecule has 0 aliphatic carbocycles. The molecule has 7 aromatic heterocycles. The summed E-state index contributed by atoms with van der Waals surface area (Å²) in [6, 6.07) is 12.3. The molecule has 0 spiro atoms. The lowest BCUT2D eigenvalue weighted by Gasteiger charge is -2.05. The van der Waals surface area contributed by atoms with Crippen molar-refractivity contribution in [2.24, 2.45) is 4.99 Å². The molecule has 47 heavy (non-hydrogen) atoms. The summed E-state index contributed by atoms with van der Waals surface area (Å²) in [6.45, 7) is 12.3. The second-order valence-electron chi connectivity index (χ2n) is 11.7. The van der Waals surface area contributed by atoms with E-state index >= 15 is 0 Å². The summed E-state index contributed by atoms with van der Waals surface area (Å²) in [5.41, 5.74) is 8.66. The second kappa shape index (κ2) is 12.5. The van der Waals surface area contributed by atoms with Gasteiger partial charge in [0.2, 0.25) is 0 Å². The minimum Gasteiger partial charge on any atom is -0.281 e. The normalized spacial score (nSPS) is 12.0. The van der Waals surface area contributed by atoms with Gasteiger partial charge >= 0.3 is 0 Å². The van der Waals surface area contributed by atoms with Crippen molar-refractivity contribution < 1.29 is 0 Å². The van der Waals surface area contributed by atoms with Crippen LogP contribution < -0.4 is 0 Å². The molecule has 0 saturated carbocycles. The first-order chi connectivity index (χ1) is 22.8. The molecule has 0 unspecified atom stereocenters. The van der Waals surface area contributed by atoms with E-state index in [1.807, 2.05) is 62.8 Å². The second-order valence-corrected chi connectivity index (χ2v) is 11.7. The average molecular weight is 623 g/mol. The van der Waals surface area contributed by atoms with Gasteiger partial charge in [0.25, 0.3) is 0 Å². The zero-order valence-corrected chi connectivity index (χ0v) is 26.9. The summed E-state index contributed by atoms with van der Waals surface area (Å²) in [6.07, 6.45) is 9.97. The summed E-state index contributed by atoms with van der Waals surface area (Å²) in [5, 5.41) is 11.4. The van der Waals surface area contributed by atoms with Crippen LogP contribution in [0.3, 0.4) is 0 Å². The number of rotatable bonds is 10. The Morgan fingerprint density at radius 3 is 2.34 bits per heavy atom. The summed E-state index contributed by atoms with van der Waals surface area (Å²) in [4.78, 5) is 37.1. The Hall–Kier alpha value is -5.78. The van der Waals surface area contributed by atoms with Crippen LogP contribution >= 0.6 is 0 Å². The summed E-state index contributed by atoms with van der Waals surface area (Å²) in [5.74, 6) is 2.18. The van der Waals surface area contributed by atoms with Crippen LogP contribution in [0.5, 0.6) is 0 Å². The molecule has 0 aliphatic heterocycles. The number of hydrogen-bond donors (Lipinski definition) is 0. The van der Waals surface area contributed by atoms with E-state index < -0.39 is 0 Å². The van der Waals surface area contributed by atoms with Crippen LogP contribution in [0.25, 0.3) is 33.3 Å². The third-order valence-electron chi connectivity index (χ3n) is 8.01. The largest absolute Gasteiger partial charge is 0.281 e. The van der Waals surface area contributed by atoms with E-state index in [1.54, 1.807) is 17.1 Å². The van der Waals surface area contributed by atoms with Crippen molar-refractivity contribution in [3.63, 3.8) is 0 Å². The first-order valence-electron chi connectivity index (χ1n) is 15.6. The standard InChI is InChI=1S/C35H34N12/c1-21(2)46-34(42-31(44-46)12-10-28-8-6-26-14-15-36-20-30(26)40-28)23(4)38-18-25-16-27-7-9-29(41-33(27)39-19-25)11-13-32-43-35-24(5)37-17-22(3)47(35)45-32/h6-9,14-17,19-20H,1,10-13,18H2,2-5H3/b38-23-. The molecule has 0 aliphatic rings. The van der Waals surface area contributed by atoms with Crippen molar-refractivity contribution in [3.8, 4) is 0 Å². The van der Waals surface area contributed by atoms with Gasteiger partial charge in [0.15, 0.2) is 28.8 Å². The first-order valence-corrected chi connectivity index (χ1v) is 15.6. The quantitative estimate of drug-likeness (QED) is 0.186. The minimum absolute atomic E-state index is 0.456. The SMILES string of the molecule is C=C(C)n1nc(CCc2ccc3ccncc3n2)nc1/C(C)=N\Cc1cnc2nc(CCc3nc4c(C)ncc(C)n4n3)ccc2c1. The van der Waals surface area contributed by atoms with Gasteiger partial charge in [-0.25, -0.2) is 29.1 Å². The molecule has 7 rings (SSSR count). The topological polar surface area (TPSA) is 138 Å². The molecular formula is C35H34N12. The van der Waals surface area contributed by atoms with E-state index in [-0.39, 0.29) is 0 Å². The molecule has 234 valence electrons. The van der Waals surface area contributed by atoms with Gasteiger partial charge in [-0.05, 0) is 76.4 Å². The van der Waals surface area contributed by atoms with Crippen LogP contribution in [0.4, 0.5) is 0 Å². The Balaban J connectivity index is 1.02. The van der Waals surface area contributed by atoms with Crippen LogP contribution in [-0.4, -0.2) is 60.0 Å². The monoisotopic (exact) mass is 622 g/mol. The number of aliphatic imine (C=N–C) groups is 1. The predicted molar refractivity (Wildman–Crippen MR) is 181 cm³/mol. The zero-order valence-electron chi connectivity index (χ0n) is 26.9. The maximum atomic E-state index is 4.84. The molecule has 0 radical (unpaired) electrons. The van der Waals surface area contributed by atoms with Crippen molar-refractivity contribution in [1.29, 1.82) is 0 Å². The molecule has 0 saturated heterocycles. The lowest BCUT2D eigenvalue weighted by atomic mass is 10.1. The maximum Gasteiger partial charge on any atom is 0.177 e. The third-order valence-corrected chi connectivity index (χ3v) is 8.01. The molecule has 0 fully saturated rings. The van der Waals surface area contributed by atoms with Crippen molar-refractivity contribution in [3.05, 3.63) is 114 Å². The van der Waals surface area contributed by atoms with E-state index in [0.717, 1.165) is 73.3 Å². The van der Waals surface area contributed by atoms with Gasteiger partial charge in [-0.15, -0.1) is 0 Å². The molecule has 7 heterocycles. The van der Waals surface area contributed by atoms with E-state index in [9.17, 15) is 0 Å². The van der Waals surface area contributed by atoms with Crippen LogP contribution in [0.2, 0.25) is 0 Å². The lowest BCUT2D eigenvalue weighted by Crippen LogP contribution is -2.08. The van der Waals surface area contributed by atoms with Gasteiger partial charge in [-0.3, -0.25) is 19.9 Å². The molecule has 0 bridgehead atoms. The molecule has 0 N–H and O–H groups in total. The molecular weight excluding hydrogens is 588 g/mol. The number of pyridine rings is 4. The van der Waals surface area contributed by atoms with Gasteiger partial charge in [-0.1, -0.05) is 12.6 Å². The number of allylic oxidation sites excluding steroid dienone is 1. The zero-order chi connectivity index (χ0) is 32.5. The number of nitrogens with zero attached hydrogens (tertiary/aromatic N) is 12. The van der Waals surface area contributed by atoms with Crippen molar-refractivity contribution in [2.75, 3.05) is 0 Å². The molecule has 0 amide bonds. The van der Waals surface area contributed by atoms with Crippen molar-refractivity contribution in [1.82, 2.24) is 54.3 Å². The smallest absolute Gasteiger partial charge is 0.177 e. The summed E-state index contributed by atoms with van der Waals surface area (Å²) >= 11 is 0. The Morgan fingerprint density at radius 1 is 0.787 bits per heavy atom. The van der Waals surface area contributed by atoms with E-state index in [0.29, 0.717) is 43.7 Å². The van der Waals surface area contributed by atoms with Crippen LogP contribution in [-0.2, 0) is 32.2 Å². The Bertz CT molecular complexity index is 2270. The molecule has 0 aromatic carbocycles. The van der Waals surface area contributed by atoms with E-state index in [4.69, 9.17) is 25.0 Å². The number of hydrogen-bond acceptors (Lipinski definition) is 10. The first kappa shape index (κ1) is 29.9. The van der Waals surface area contributed by atoms with Gasteiger partial charge in [-0.2, -0.15) is 10.2 Å². The highest BCUT2D eigenvalue weighted by Gasteiger charge is 2.15. The van der Waals surface area contributed by atoms with Gasteiger partial charge in [0.1, 0.15) is 0 Å². The fraction of sp³-hybridized carbons (Fsp3) is 0.257. The number of fused-ring (bicyclic) bond motifs is 3. The van der Waals surface area contributed by atoms with Gasteiger partial charge in [0.05, 0.1) is 35.4 Å². The fourth-order valence-corrected chi connectivity index (χ4v) is 5.43. The van der Waals surface area contributed by atoms with Crippen molar-refractivity contribution in [2.45, 2.75) is 59.9 Å². The van der Waals surface area contributed by atoms with E-state index in [1.165, 1.54) is 0 Å². The average Bonchev–Trinajstić information content (AvgIpc) is 3.73. The highest BCUT2D eigenvalue weighted by Crippen LogP contribution is 2.17. The van der Waals surface area contributed by atoms with Crippen LogP contribution in [0, 0.1) is 13.8 Å².